The lowest BCUT2D eigenvalue weighted by molar-refractivity contribution is 0.142. The van der Waals surface area contributed by atoms with Crippen molar-refractivity contribution in [3.05, 3.63) is 0 Å². The van der Waals surface area contributed by atoms with Crippen LogP contribution in [0.5, 0.6) is 0 Å². The van der Waals surface area contributed by atoms with Crippen molar-refractivity contribution in [1.82, 2.24) is 10.2 Å². The molecular weight excluding hydrogens is 220 g/mol. The molecule has 0 spiro atoms. The summed E-state index contributed by atoms with van der Waals surface area (Å²) in [6.45, 7) is 17.7. The van der Waals surface area contributed by atoms with E-state index in [9.17, 15) is 0 Å². The summed E-state index contributed by atoms with van der Waals surface area (Å²) in [5.74, 6) is 0.791. The fourth-order valence-electron chi connectivity index (χ4n) is 3.03. The molecule has 0 aliphatic carbocycles. The van der Waals surface area contributed by atoms with E-state index in [1.54, 1.807) is 0 Å². The van der Waals surface area contributed by atoms with Crippen molar-refractivity contribution in [2.24, 2.45) is 11.3 Å². The molecule has 1 rings (SSSR count). The smallest absolute Gasteiger partial charge is 0.0243 e. The average Bonchev–Trinajstić information content (AvgIpc) is 2.70. The summed E-state index contributed by atoms with van der Waals surface area (Å²) in [6.07, 6.45) is 4.00. The Morgan fingerprint density at radius 3 is 2.44 bits per heavy atom. The van der Waals surface area contributed by atoms with Gasteiger partial charge in [-0.2, -0.15) is 0 Å². The van der Waals surface area contributed by atoms with Gasteiger partial charge >= 0.3 is 0 Å². The van der Waals surface area contributed by atoms with Gasteiger partial charge in [-0.3, -0.25) is 4.90 Å². The molecule has 0 amide bonds. The number of nitrogens with one attached hydrogen (secondary N) is 1. The molecule has 0 saturated carbocycles. The maximum absolute atomic E-state index is 3.75. The van der Waals surface area contributed by atoms with Crippen molar-refractivity contribution in [3.8, 4) is 0 Å². The topological polar surface area (TPSA) is 15.3 Å². The molecular formula is C16H34N2. The molecule has 1 N–H and O–H groups in total. The zero-order chi connectivity index (χ0) is 13.8. The van der Waals surface area contributed by atoms with Gasteiger partial charge in [0.25, 0.3) is 0 Å². The molecule has 1 fully saturated rings. The Bertz CT molecular complexity index is 230. The van der Waals surface area contributed by atoms with Gasteiger partial charge in [-0.1, -0.05) is 41.5 Å². The standard InChI is InChI=1S/C16H34N2/c1-7-10-17-15(16(4,5)6)12-18-11-8-9-14(18)13(2)3/h13-15,17H,7-12H2,1-6H3. The van der Waals surface area contributed by atoms with Crippen LogP contribution in [0.3, 0.4) is 0 Å². The van der Waals surface area contributed by atoms with Crippen molar-refractivity contribution in [1.29, 1.82) is 0 Å². The molecule has 0 bridgehead atoms. The summed E-state index contributed by atoms with van der Waals surface area (Å²) >= 11 is 0. The van der Waals surface area contributed by atoms with E-state index in [4.69, 9.17) is 0 Å². The van der Waals surface area contributed by atoms with E-state index in [1.165, 1.54) is 32.4 Å². The largest absolute Gasteiger partial charge is 0.312 e. The predicted octanol–water partition coefficient (Wildman–Crippen LogP) is 3.52. The van der Waals surface area contributed by atoms with Gasteiger partial charge in [0, 0.05) is 18.6 Å². The van der Waals surface area contributed by atoms with E-state index < -0.39 is 0 Å². The second-order valence-corrected chi connectivity index (χ2v) is 7.32. The lowest BCUT2D eigenvalue weighted by Gasteiger charge is -2.38. The van der Waals surface area contributed by atoms with Crippen LogP contribution in [-0.4, -0.2) is 36.6 Å². The molecule has 1 aliphatic rings. The minimum Gasteiger partial charge on any atom is -0.312 e. The van der Waals surface area contributed by atoms with Crippen molar-refractivity contribution >= 4 is 0 Å². The number of nitrogens with zero attached hydrogens (tertiary/aromatic N) is 1. The maximum atomic E-state index is 3.75. The molecule has 0 aromatic rings. The third kappa shape index (κ3) is 4.55. The summed E-state index contributed by atoms with van der Waals surface area (Å²) in [6, 6.07) is 1.41. The van der Waals surface area contributed by atoms with Gasteiger partial charge in [-0.15, -0.1) is 0 Å². The molecule has 0 aromatic heterocycles. The summed E-state index contributed by atoms with van der Waals surface area (Å²) in [5, 5.41) is 3.75. The highest BCUT2D eigenvalue weighted by Crippen LogP contribution is 2.27. The van der Waals surface area contributed by atoms with E-state index >= 15 is 0 Å². The molecule has 2 atom stereocenters. The number of hydrogen-bond acceptors (Lipinski definition) is 2. The van der Waals surface area contributed by atoms with E-state index in [-0.39, 0.29) is 0 Å². The first kappa shape index (κ1) is 16.0. The van der Waals surface area contributed by atoms with Gasteiger partial charge < -0.3 is 5.32 Å². The summed E-state index contributed by atoms with van der Waals surface area (Å²) < 4.78 is 0. The third-order valence-corrected chi connectivity index (χ3v) is 4.29. The van der Waals surface area contributed by atoms with Crippen LogP contribution in [0, 0.1) is 11.3 Å². The Morgan fingerprint density at radius 1 is 1.28 bits per heavy atom. The van der Waals surface area contributed by atoms with Crippen molar-refractivity contribution in [2.75, 3.05) is 19.6 Å². The van der Waals surface area contributed by atoms with E-state index in [2.05, 4.69) is 51.8 Å². The van der Waals surface area contributed by atoms with Crippen LogP contribution < -0.4 is 5.32 Å². The second-order valence-electron chi connectivity index (χ2n) is 7.32. The minimum absolute atomic E-state index is 0.347. The second kappa shape index (κ2) is 6.91. The van der Waals surface area contributed by atoms with Gasteiger partial charge in [-0.25, -0.2) is 0 Å². The third-order valence-electron chi connectivity index (χ3n) is 4.29. The molecule has 0 radical (unpaired) electrons. The molecule has 1 aliphatic heterocycles. The average molecular weight is 254 g/mol. The monoisotopic (exact) mass is 254 g/mol. The fraction of sp³-hybridized carbons (Fsp3) is 1.00. The lowest BCUT2D eigenvalue weighted by Crippen LogP contribution is -2.50. The number of rotatable bonds is 6. The highest BCUT2D eigenvalue weighted by molar-refractivity contribution is 4.89. The van der Waals surface area contributed by atoms with Crippen LogP contribution in [0.25, 0.3) is 0 Å². The molecule has 18 heavy (non-hydrogen) atoms. The molecule has 1 saturated heterocycles. The minimum atomic E-state index is 0.347. The first-order valence-corrected chi connectivity index (χ1v) is 7.83. The van der Waals surface area contributed by atoms with Crippen molar-refractivity contribution < 1.29 is 0 Å². The van der Waals surface area contributed by atoms with Crippen LogP contribution in [-0.2, 0) is 0 Å². The van der Waals surface area contributed by atoms with Gasteiger partial charge in [0.15, 0.2) is 0 Å². The normalized spacial score (nSPS) is 23.8. The van der Waals surface area contributed by atoms with Crippen molar-refractivity contribution in [3.63, 3.8) is 0 Å². The quantitative estimate of drug-likeness (QED) is 0.780. The van der Waals surface area contributed by atoms with Crippen LogP contribution in [0.1, 0.15) is 60.8 Å². The van der Waals surface area contributed by atoms with E-state index in [1.807, 2.05) is 0 Å². The molecule has 108 valence electrons. The lowest BCUT2D eigenvalue weighted by atomic mass is 9.86. The summed E-state index contributed by atoms with van der Waals surface area (Å²) in [4.78, 5) is 2.73. The first-order valence-electron chi connectivity index (χ1n) is 7.83. The first-order chi connectivity index (χ1) is 8.36. The zero-order valence-corrected chi connectivity index (χ0v) is 13.4. The van der Waals surface area contributed by atoms with Crippen LogP contribution in [0.4, 0.5) is 0 Å². The van der Waals surface area contributed by atoms with E-state index in [0.717, 1.165) is 18.5 Å². The Morgan fingerprint density at radius 2 is 1.94 bits per heavy atom. The van der Waals surface area contributed by atoms with E-state index in [0.29, 0.717) is 11.5 Å². The van der Waals surface area contributed by atoms with Gasteiger partial charge in [-0.05, 0) is 43.7 Å². The fourth-order valence-corrected chi connectivity index (χ4v) is 3.03. The maximum Gasteiger partial charge on any atom is 0.0243 e. The molecule has 0 aromatic carbocycles. The zero-order valence-electron chi connectivity index (χ0n) is 13.4. The van der Waals surface area contributed by atoms with Crippen LogP contribution >= 0.6 is 0 Å². The molecule has 2 unspecified atom stereocenters. The molecule has 1 heterocycles. The molecule has 2 nitrogen and oxygen atoms in total. The number of likely N-dealkylation sites (tertiary alicyclic amines) is 1. The van der Waals surface area contributed by atoms with Crippen LogP contribution in [0.2, 0.25) is 0 Å². The SMILES string of the molecule is CCCNC(CN1CCCC1C(C)C)C(C)(C)C. The van der Waals surface area contributed by atoms with Gasteiger partial charge in [0.05, 0.1) is 0 Å². The van der Waals surface area contributed by atoms with Crippen LogP contribution in [0.15, 0.2) is 0 Å². The Labute approximate surface area is 115 Å². The number of hydrogen-bond donors (Lipinski definition) is 1. The molecule has 2 heteroatoms. The highest BCUT2D eigenvalue weighted by atomic mass is 15.2. The Hall–Kier alpha value is -0.0800. The van der Waals surface area contributed by atoms with Gasteiger partial charge in [0.2, 0.25) is 0 Å². The summed E-state index contributed by atoms with van der Waals surface area (Å²) in [7, 11) is 0. The summed E-state index contributed by atoms with van der Waals surface area (Å²) in [5.41, 5.74) is 0.347. The predicted molar refractivity (Wildman–Crippen MR) is 81.0 cm³/mol. The van der Waals surface area contributed by atoms with Gasteiger partial charge in [0.1, 0.15) is 0 Å². The Kier molecular flexibility index (Phi) is 6.13. The highest BCUT2D eigenvalue weighted by Gasteiger charge is 2.32. The van der Waals surface area contributed by atoms with Crippen molar-refractivity contribution in [2.45, 2.75) is 72.9 Å². The Balaban J connectivity index is 2.59.